The predicted octanol–water partition coefficient (Wildman–Crippen LogP) is 3.83. The first-order valence-corrected chi connectivity index (χ1v) is 6.45. The molecular formula is C11H13IOS. The highest BCUT2D eigenvalue weighted by atomic mass is 127. The van der Waals surface area contributed by atoms with E-state index in [1.54, 1.807) is 11.8 Å². The van der Waals surface area contributed by atoms with E-state index < -0.39 is 0 Å². The molecule has 0 fully saturated rings. The van der Waals surface area contributed by atoms with Gasteiger partial charge in [0.15, 0.2) is 0 Å². The van der Waals surface area contributed by atoms with E-state index in [1.165, 1.54) is 4.90 Å². The van der Waals surface area contributed by atoms with Crippen LogP contribution in [0.25, 0.3) is 0 Å². The van der Waals surface area contributed by atoms with Gasteiger partial charge in [-0.15, -0.1) is 0 Å². The Morgan fingerprint density at radius 1 is 1.50 bits per heavy atom. The van der Waals surface area contributed by atoms with Crippen LogP contribution in [0.3, 0.4) is 0 Å². The number of benzene rings is 1. The van der Waals surface area contributed by atoms with Gasteiger partial charge in [0.25, 0.3) is 0 Å². The van der Waals surface area contributed by atoms with Gasteiger partial charge in [0, 0.05) is 8.48 Å². The van der Waals surface area contributed by atoms with E-state index >= 15 is 0 Å². The summed E-state index contributed by atoms with van der Waals surface area (Å²) in [6, 6.07) is 10.1. The second-order valence-electron chi connectivity index (χ2n) is 2.86. The van der Waals surface area contributed by atoms with E-state index in [1.807, 2.05) is 30.5 Å². The minimum Gasteiger partial charge on any atom is -0.388 e. The van der Waals surface area contributed by atoms with E-state index in [0.29, 0.717) is 0 Å². The van der Waals surface area contributed by atoms with Crippen molar-refractivity contribution >= 4 is 34.4 Å². The lowest BCUT2D eigenvalue weighted by atomic mass is 10.3. The molecule has 0 amide bonds. The summed E-state index contributed by atoms with van der Waals surface area (Å²) in [6.45, 7) is 1.98. The Labute approximate surface area is 103 Å². The van der Waals surface area contributed by atoms with Crippen molar-refractivity contribution in [1.82, 2.24) is 0 Å². The van der Waals surface area contributed by atoms with E-state index in [-0.39, 0.29) is 6.10 Å². The molecule has 0 spiro atoms. The van der Waals surface area contributed by atoms with Crippen molar-refractivity contribution in [1.29, 1.82) is 0 Å². The molecule has 0 aliphatic carbocycles. The zero-order chi connectivity index (χ0) is 10.4. The van der Waals surface area contributed by atoms with Crippen LogP contribution in [-0.4, -0.2) is 11.2 Å². The summed E-state index contributed by atoms with van der Waals surface area (Å²) in [7, 11) is 0. The third-order valence-corrected chi connectivity index (χ3v) is 4.12. The molecule has 0 saturated carbocycles. The highest BCUT2D eigenvalue weighted by molar-refractivity contribution is 14.1. The number of aliphatic hydroxyl groups is 1. The molecule has 1 N–H and O–H groups in total. The van der Waals surface area contributed by atoms with E-state index in [4.69, 9.17) is 0 Å². The number of halogens is 1. The molecule has 0 bridgehead atoms. The van der Waals surface area contributed by atoms with Crippen LogP contribution >= 0.6 is 34.4 Å². The fraction of sp³-hybridized carbons (Fsp3) is 0.273. The SMILES string of the molecule is CCC(O)/C(I)=C\Sc1ccccc1. The van der Waals surface area contributed by atoms with Crippen LogP contribution < -0.4 is 0 Å². The van der Waals surface area contributed by atoms with Crippen molar-refractivity contribution < 1.29 is 5.11 Å². The van der Waals surface area contributed by atoms with E-state index in [0.717, 1.165) is 10.0 Å². The third-order valence-electron chi connectivity index (χ3n) is 1.76. The summed E-state index contributed by atoms with van der Waals surface area (Å²) in [5, 5.41) is 11.5. The van der Waals surface area contributed by atoms with Gasteiger partial charge in [0.2, 0.25) is 0 Å². The van der Waals surface area contributed by atoms with Crippen LogP contribution in [0.15, 0.2) is 44.2 Å². The minimum absolute atomic E-state index is 0.313. The molecule has 76 valence electrons. The monoisotopic (exact) mass is 320 g/mol. The first-order valence-electron chi connectivity index (χ1n) is 4.49. The maximum Gasteiger partial charge on any atom is 0.0849 e. The summed E-state index contributed by atoms with van der Waals surface area (Å²) in [4.78, 5) is 1.20. The zero-order valence-electron chi connectivity index (χ0n) is 7.98. The number of hydrogen-bond acceptors (Lipinski definition) is 2. The molecule has 14 heavy (non-hydrogen) atoms. The molecule has 0 saturated heterocycles. The Hall–Kier alpha value is -0.000000000000000111. The van der Waals surface area contributed by atoms with Gasteiger partial charge >= 0.3 is 0 Å². The number of hydrogen-bond donors (Lipinski definition) is 1. The lowest BCUT2D eigenvalue weighted by Crippen LogP contribution is -2.02. The van der Waals surface area contributed by atoms with Gasteiger partial charge in [0.05, 0.1) is 6.10 Å². The first-order chi connectivity index (χ1) is 6.74. The highest BCUT2D eigenvalue weighted by Gasteiger charge is 2.03. The summed E-state index contributed by atoms with van der Waals surface area (Å²) >= 11 is 3.83. The maximum absolute atomic E-state index is 9.52. The van der Waals surface area contributed by atoms with Crippen LogP contribution in [0.4, 0.5) is 0 Å². The Morgan fingerprint density at radius 3 is 2.71 bits per heavy atom. The highest BCUT2D eigenvalue weighted by Crippen LogP contribution is 2.24. The lowest BCUT2D eigenvalue weighted by Gasteiger charge is -2.05. The van der Waals surface area contributed by atoms with Crippen molar-refractivity contribution in [2.24, 2.45) is 0 Å². The molecule has 0 aromatic heterocycles. The third kappa shape index (κ3) is 4.02. The molecule has 3 heteroatoms. The maximum atomic E-state index is 9.52. The summed E-state index contributed by atoms with van der Waals surface area (Å²) in [5.41, 5.74) is 0. The molecule has 1 nitrogen and oxygen atoms in total. The molecule has 0 radical (unpaired) electrons. The normalized spacial score (nSPS) is 14.1. The second kappa shape index (κ2) is 6.48. The van der Waals surface area contributed by atoms with Crippen molar-refractivity contribution in [2.45, 2.75) is 24.3 Å². The quantitative estimate of drug-likeness (QED) is 0.672. The zero-order valence-corrected chi connectivity index (χ0v) is 11.0. The molecule has 1 aromatic rings. The summed E-state index contributed by atoms with van der Waals surface area (Å²) in [5.74, 6) is 0. The van der Waals surface area contributed by atoms with Crippen LogP contribution in [0.2, 0.25) is 0 Å². The first kappa shape index (κ1) is 12.1. The van der Waals surface area contributed by atoms with Crippen LogP contribution in [0, 0.1) is 0 Å². The van der Waals surface area contributed by atoms with Crippen LogP contribution in [0.1, 0.15) is 13.3 Å². The van der Waals surface area contributed by atoms with Gasteiger partial charge in [-0.05, 0) is 46.6 Å². The van der Waals surface area contributed by atoms with Gasteiger partial charge < -0.3 is 5.11 Å². The Bertz CT molecular complexity index is 297. The molecular weight excluding hydrogens is 307 g/mol. The van der Waals surface area contributed by atoms with E-state index in [9.17, 15) is 5.11 Å². The van der Waals surface area contributed by atoms with Gasteiger partial charge in [0.1, 0.15) is 0 Å². The van der Waals surface area contributed by atoms with Gasteiger partial charge in [-0.1, -0.05) is 36.9 Å². The van der Waals surface area contributed by atoms with E-state index in [2.05, 4.69) is 34.7 Å². The summed E-state index contributed by atoms with van der Waals surface area (Å²) < 4.78 is 0.999. The largest absolute Gasteiger partial charge is 0.388 e. The predicted molar refractivity (Wildman–Crippen MR) is 70.7 cm³/mol. The number of aliphatic hydroxyl groups excluding tert-OH is 1. The average molecular weight is 320 g/mol. The molecule has 1 unspecified atom stereocenters. The minimum atomic E-state index is -0.313. The topological polar surface area (TPSA) is 20.2 Å². The van der Waals surface area contributed by atoms with Crippen LogP contribution in [0.5, 0.6) is 0 Å². The molecule has 1 atom stereocenters. The molecule has 0 heterocycles. The standard InChI is InChI=1S/C11H13IOS/c1-2-11(13)10(12)8-14-9-6-4-3-5-7-9/h3-8,11,13H,2H2,1H3/b10-8+. The molecule has 1 rings (SSSR count). The molecule has 1 aromatic carbocycles. The smallest absolute Gasteiger partial charge is 0.0849 e. The molecule has 0 aliphatic heterocycles. The second-order valence-corrected chi connectivity index (χ2v) is 5.05. The Morgan fingerprint density at radius 2 is 2.14 bits per heavy atom. The fourth-order valence-corrected chi connectivity index (χ4v) is 2.44. The molecule has 0 aliphatic rings. The van der Waals surface area contributed by atoms with Crippen LogP contribution in [-0.2, 0) is 0 Å². The van der Waals surface area contributed by atoms with Crippen molar-refractivity contribution in [3.05, 3.63) is 39.3 Å². The number of rotatable bonds is 4. The van der Waals surface area contributed by atoms with Crippen molar-refractivity contribution in [3.63, 3.8) is 0 Å². The summed E-state index contributed by atoms with van der Waals surface area (Å²) in [6.07, 6.45) is 0.455. The lowest BCUT2D eigenvalue weighted by molar-refractivity contribution is 0.217. The van der Waals surface area contributed by atoms with Crippen molar-refractivity contribution in [2.75, 3.05) is 0 Å². The van der Waals surface area contributed by atoms with Crippen molar-refractivity contribution in [3.8, 4) is 0 Å². The number of thioether (sulfide) groups is 1. The fourth-order valence-electron chi connectivity index (χ4n) is 0.897. The van der Waals surface area contributed by atoms with Gasteiger partial charge in [-0.3, -0.25) is 0 Å². The average Bonchev–Trinajstić information content (AvgIpc) is 2.26. The van der Waals surface area contributed by atoms with Gasteiger partial charge in [-0.25, -0.2) is 0 Å². The Kier molecular flexibility index (Phi) is 5.59. The van der Waals surface area contributed by atoms with Gasteiger partial charge in [-0.2, -0.15) is 0 Å². The Balaban J connectivity index is 2.55.